The van der Waals surface area contributed by atoms with E-state index in [1.165, 1.54) is 11.1 Å². The number of ketones is 1. The Morgan fingerprint density at radius 2 is 1.40 bits per heavy atom. The molecule has 2 heteroatoms. The average Bonchev–Trinajstić information content (AvgIpc) is 2.94. The molecule has 0 bridgehead atoms. The molecule has 0 saturated heterocycles. The minimum absolute atomic E-state index is 0.0909. The first kappa shape index (κ1) is 15.4. The van der Waals surface area contributed by atoms with Crippen LogP contribution in [0.5, 0.6) is 0 Å². The highest BCUT2D eigenvalue weighted by Crippen LogP contribution is 2.36. The molecule has 0 saturated carbocycles. The molecule has 3 aromatic carbocycles. The molecule has 1 N–H and O–H groups in total. The van der Waals surface area contributed by atoms with Crippen LogP contribution in [0, 0.1) is 6.92 Å². The number of carbonyl (C=O) groups excluding carboxylic acids is 1. The summed E-state index contributed by atoms with van der Waals surface area (Å²) in [5.74, 6) is 0.0909. The van der Waals surface area contributed by atoms with E-state index in [0.717, 1.165) is 28.0 Å². The lowest BCUT2D eigenvalue weighted by molar-refractivity contribution is 0.105. The maximum atomic E-state index is 13.0. The molecule has 0 heterocycles. The van der Waals surface area contributed by atoms with Crippen molar-refractivity contribution in [2.45, 2.75) is 13.5 Å². The van der Waals surface area contributed by atoms with Crippen LogP contribution in [-0.4, -0.2) is 5.78 Å². The Hall–Kier alpha value is -3.13. The van der Waals surface area contributed by atoms with E-state index in [9.17, 15) is 4.79 Å². The minimum Gasteiger partial charge on any atom is -0.380 e. The zero-order chi connectivity index (χ0) is 17.2. The van der Waals surface area contributed by atoms with Crippen molar-refractivity contribution in [3.05, 3.63) is 107 Å². The molecule has 0 fully saturated rings. The van der Waals surface area contributed by atoms with Crippen molar-refractivity contribution in [2.24, 2.45) is 0 Å². The van der Waals surface area contributed by atoms with E-state index >= 15 is 0 Å². The fourth-order valence-corrected chi connectivity index (χ4v) is 3.24. The zero-order valence-corrected chi connectivity index (χ0v) is 14.1. The van der Waals surface area contributed by atoms with Crippen molar-refractivity contribution < 1.29 is 4.79 Å². The SMILES string of the molecule is Cc1ccc(CNC2=C(c3ccccc3)C(=O)c3ccccc32)cc1. The summed E-state index contributed by atoms with van der Waals surface area (Å²) in [6.45, 7) is 2.77. The second-order valence-electron chi connectivity index (χ2n) is 6.33. The van der Waals surface area contributed by atoms with Gasteiger partial charge in [-0.15, -0.1) is 0 Å². The van der Waals surface area contributed by atoms with E-state index in [1.54, 1.807) is 0 Å². The Morgan fingerprint density at radius 1 is 0.760 bits per heavy atom. The van der Waals surface area contributed by atoms with Gasteiger partial charge in [-0.05, 0) is 18.1 Å². The molecule has 0 spiro atoms. The van der Waals surface area contributed by atoms with Gasteiger partial charge in [-0.3, -0.25) is 4.79 Å². The van der Waals surface area contributed by atoms with Crippen molar-refractivity contribution in [3.63, 3.8) is 0 Å². The first-order valence-electron chi connectivity index (χ1n) is 8.47. The lowest BCUT2D eigenvalue weighted by Gasteiger charge is -2.12. The molecular weight excluding hydrogens is 306 g/mol. The lowest BCUT2D eigenvalue weighted by Crippen LogP contribution is -2.12. The van der Waals surface area contributed by atoms with Crippen LogP contribution < -0.4 is 5.32 Å². The maximum absolute atomic E-state index is 13.0. The summed E-state index contributed by atoms with van der Waals surface area (Å²) in [6.07, 6.45) is 0. The predicted molar refractivity (Wildman–Crippen MR) is 102 cm³/mol. The maximum Gasteiger partial charge on any atom is 0.196 e. The van der Waals surface area contributed by atoms with E-state index in [2.05, 4.69) is 36.5 Å². The van der Waals surface area contributed by atoms with E-state index in [1.807, 2.05) is 54.6 Å². The van der Waals surface area contributed by atoms with E-state index in [-0.39, 0.29) is 5.78 Å². The Labute approximate surface area is 147 Å². The molecule has 0 radical (unpaired) electrons. The van der Waals surface area contributed by atoms with Crippen LogP contribution in [0.3, 0.4) is 0 Å². The number of aryl methyl sites for hydroxylation is 1. The van der Waals surface area contributed by atoms with Crippen molar-refractivity contribution in [2.75, 3.05) is 0 Å². The van der Waals surface area contributed by atoms with Crippen LogP contribution in [0.1, 0.15) is 32.6 Å². The number of Topliss-reactive ketones (excluding diaryl/α,β-unsaturated/α-hetero) is 1. The normalized spacial score (nSPS) is 13.1. The quantitative estimate of drug-likeness (QED) is 0.743. The van der Waals surface area contributed by atoms with E-state index in [4.69, 9.17) is 0 Å². The first-order valence-corrected chi connectivity index (χ1v) is 8.47. The number of benzene rings is 3. The van der Waals surface area contributed by atoms with E-state index < -0.39 is 0 Å². The average molecular weight is 325 g/mol. The van der Waals surface area contributed by atoms with Crippen molar-refractivity contribution >= 4 is 17.1 Å². The molecular formula is C23H19NO. The third-order valence-corrected chi connectivity index (χ3v) is 4.57. The lowest BCUT2D eigenvalue weighted by atomic mass is 10.0. The Kier molecular flexibility index (Phi) is 3.95. The number of carbonyl (C=O) groups is 1. The summed E-state index contributed by atoms with van der Waals surface area (Å²) in [6, 6.07) is 26.2. The number of allylic oxidation sites excluding steroid dienone is 1. The molecule has 1 aliphatic rings. The highest BCUT2D eigenvalue weighted by Gasteiger charge is 2.30. The number of nitrogens with one attached hydrogen (secondary N) is 1. The van der Waals surface area contributed by atoms with Crippen LogP contribution in [-0.2, 0) is 6.54 Å². The smallest absolute Gasteiger partial charge is 0.196 e. The van der Waals surface area contributed by atoms with E-state index in [0.29, 0.717) is 6.54 Å². The van der Waals surface area contributed by atoms with Gasteiger partial charge in [-0.25, -0.2) is 0 Å². The highest BCUT2D eigenvalue weighted by molar-refractivity contribution is 6.39. The van der Waals surface area contributed by atoms with Crippen LogP contribution in [0.4, 0.5) is 0 Å². The Morgan fingerprint density at radius 3 is 2.12 bits per heavy atom. The summed E-state index contributed by atoms with van der Waals surface area (Å²) >= 11 is 0. The molecule has 0 unspecified atom stereocenters. The van der Waals surface area contributed by atoms with Gasteiger partial charge >= 0.3 is 0 Å². The molecule has 122 valence electrons. The Bertz CT molecular complexity index is 953. The molecule has 3 aromatic rings. The monoisotopic (exact) mass is 325 g/mol. The van der Waals surface area contributed by atoms with Crippen LogP contribution in [0.25, 0.3) is 11.3 Å². The fraction of sp³-hybridized carbons (Fsp3) is 0.0870. The molecule has 1 aliphatic carbocycles. The molecule has 4 rings (SSSR count). The van der Waals surface area contributed by atoms with Gasteiger partial charge < -0.3 is 5.32 Å². The molecule has 0 aromatic heterocycles. The first-order chi connectivity index (χ1) is 12.2. The predicted octanol–water partition coefficient (Wildman–Crippen LogP) is 4.85. The summed E-state index contributed by atoms with van der Waals surface area (Å²) in [5, 5.41) is 3.51. The highest BCUT2D eigenvalue weighted by atomic mass is 16.1. The second-order valence-corrected chi connectivity index (χ2v) is 6.33. The summed E-state index contributed by atoms with van der Waals surface area (Å²) in [4.78, 5) is 13.0. The third-order valence-electron chi connectivity index (χ3n) is 4.57. The summed E-state index contributed by atoms with van der Waals surface area (Å²) < 4.78 is 0. The number of hydrogen-bond acceptors (Lipinski definition) is 2. The van der Waals surface area contributed by atoms with Gasteiger partial charge in [0, 0.05) is 17.7 Å². The largest absolute Gasteiger partial charge is 0.380 e. The second kappa shape index (κ2) is 6.40. The van der Waals surface area contributed by atoms with Crippen LogP contribution >= 0.6 is 0 Å². The number of fused-ring (bicyclic) bond motifs is 1. The number of hydrogen-bond donors (Lipinski definition) is 1. The molecule has 0 amide bonds. The standard InChI is InChI=1S/C23H19NO/c1-16-11-13-17(14-12-16)15-24-22-19-9-5-6-10-20(19)23(25)21(22)18-7-3-2-4-8-18/h2-14,24H,15H2,1H3. The summed E-state index contributed by atoms with van der Waals surface area (Å²) in [7, 11) is 0. The molecule has 0 atom stereocenters. The topological polar surface area (TPSA) is 29.1 Å². The Balaban J connectivity index is 1.74. The minimum atomic E-state index is 0.0909. The zero-order valence-electron chi connectivity index (χ0n) is 14.1. The van der Waals surface area contributed by atoms with Gasteiger partial charge in [0.25, 0.3) is 0 Å². The van der Waals surface area contributed by atoms with Gasteiger partial charge in [-0.1, -0.05) is 84.4 Å². The van der Waals surface area contributed by atoms with Crippen LogP contribution in [0.15, 0.2) is 78.9 Å². The van der Waals surface area contributed by atoms with Gasteiger partial charge in [-0.2, -0.15) is 0 Å². The van der Waals surface area contributed by atoms with Gasteiger partial charge in [0.05, 0.1) is 11.3 Å². The van der Waals surface area contributed by atoms with Gasteiger partial charge in [0.1, 0.15) is 0 Å². The molecule has 2 nitrogen and oxygen atoms in total. The number of rotatable bonds is 4. The van der Waals surface area contributed by atoms with Crippen LogP contribution in [0.2, 0.25) is 0 Å². The van der Waals surface area contributed by atoms with Gasteiger partial charge in [0.2, 0.25) is 0 Å². The van der Waals surface area contributed by atoms with Crippen molar-refractivity contribution in [1.82, 2.24) is 5.32 Å². The molecule has 0 aliphatic heterocycles. The van der Waals surface area contributed by atoms with Crippen molar-refractivity contribution in [1.29, 1.82) is 0 Å². The van der Waals surface area contributed by atoms with Crippen molar-refractivity contribution in [3.8, 4) is 0 Å². The third kappa shape index (κ3) is 2.87. The fourth-order valence-electron chi connectivity index (χ4n) is 3.24. The molecule has 25 heavy (non-hydrogen) atoms. The summed E-state index contributed by atoms with van der Waals surface area (Å²) in [5.41, 5.74) is 6.83. The van der Waals surface area contributed by atoms with Gasteiger partial charge in [0.15, 0.2) is 5.78 Å².